The SMILES string of the molecule is Cc1nc(Cl)cc(N2CCN(c3ccccc3S(N)(=O)=O)CC2)n1. The molecule has 2 N–H and O–H groups in total. The molecule has 0 aliphatic carbocycles. The van der Waals surface area contributed by atoms with Crippen molar-refractivity contribution in [1.82, 2.24) is 9.97 Å². The van der Waals surface area contributed by atoms with E-state index < -0.39 is 10.0 Å². The van der Waals surface area contributed by atoms with Crippen molar-refractivity contribution < 1.29 is 8.42 Å². The van der Waals surface area contributed by atoms with Crippen LogP contribution in [0.25, 0.3) is 0 Å². The summed E-state index contributed by atoms with van der Waals surface area (Å²) in [6.45, 7) is 4.52. The van der Waals surface area contributed by atoms with Gasteiger partial charge in [0.2, 0.25) is 10.0 Å². The van der Waals surface area contributed by atoms with Gasteiger partial charge in [0.1, 0.15) is 21.7 Å². The van der Waals surface area contributed by atoms with Crippen LogP contribution in [-0.2, 0) is 10.0 Å². The van der Waals surface area contributed by atoms with Crippen LogP contribution in [0.1, 0.15) is 5.82 Å². The standard InChI is InChI=1S/C15H18ClN5O2S/c1-11-18-14(16)10-15(19-11)21-8-6-20(7-9-21)12-4-2-3-5-13(12)24(17,22)23/h2-5,10H,6-9H2,1H3,(H2,17,22,23). The Morgan fingerprint density at radius 2 is 1.71 bits per heavy atom. The molecule has 0 spiro atoms. The van der Waals surface area contributed by atoms with Gasteiger partial charge in [-0.2, -0.15) is 0 Å². The van der Waals surface area contributed by atoms with Crippen molar-refractivity contribution in [3.05, 3.63) is 41.3 Å². The molecule has 128 valence electrons. The number of para-hydroxylation sites is 1. The summed E-state index contributed by atoms with van der Waals surface area (Å²) in [7, 11) is -3.75. The number of hydrogen-bond donors (Lipinski definition) is 1. The Morgan fingerprint density at radius 3 is 2.33 bits per heavy atom. The number of anilines is 2. The van der Waals surface area contributed by atoms with Crippen molar-refractivity contribution in [2.75, 3.05) is 36.0 Å². The normalized spacial score (nSPS) is 15.6. The number of nitrogens with two attached hydrogens (primary N) is 1. The molecule has 7 nitrogen and oxygen atoms in total. The second kappa shape index (κ2) is 6.54. The first-order valence-corrected chi connectivity index (χ1v) is 9.40. The number of halogens is 1. The first-order chi connectivity index (χ1) is 11.3. The molecule has 1 aliphatic rings. The number of rotatable bonds is 3. The molecule has 24 heavy (non-hydrogen) atoms. The molecule has 9 heteroatoms. The lowest BCUT2D eigenvalue weighted by atomic mass is 10.2. The lowest BCUT2D eigenvalue weighted by molar-refractivity contribution is 0.595. The zero-order chi connectivity index (χ0) is 17.3. The highest BCUT2D eigenvalue weighted by Crippen LogP contribution is 2.26. The minimum atomic E-state index is -3.75. The summed E-state index contributed by atoms with van der Waals surface area (Å²) in [4.78, 5) is 12.8. The van der Waals surface area contributed by atoms with E-state index in [0.29, 0.717) is 42.8 Å². The molecule has 2 aromatic rings. The maximum Gasteiger partial charge on any atom is 0.240 e. The molecular formula is C15H18ClN5O2S. The average Bonchev–Trinajstić information content (AvgIpc) is 2.53. The van der Waals surface area contributed by atoms with E-state index in [1.54, 1.807) is 25.1 Å². The number of hydrogen-bond acceptors (Lipinski definition) is 6. The highest BCUT2D eigenvalue weighted by atomic mass is 35.5. The highest BCUT2D eigenvalue weighted by Gasteiger charge is 2.23. The first-order valence-electron chi connectivity index (χ1n) is 7.47. The van der Waals surface area contributed by atoms with Gasteiger partial charge in [0, 0.05) is 32.2 Å². The van der Waals surface area contributed by atoms with Crippen molar-refractivity contribution in [2.24, 2.45) is 5.14 Å². The number of nitrogens with zero attached hydrogens (tertiary/aromatic N) is 4. The summed E-state index contributed by atoms with van der Waals surface area (Å²) >= 11 is 6.00. The molecule has 0 saturated carbocycles. The van der Waals surface area contributed by atoms with Gasteiger partial charge >= 0.3 is 0 Å². The molecule has 3 rings (SSSR count). The minimum absolute atomic E-state index is 0.152. The van der Waals surface area contributed by atoms with Gasteiger partial charge in [-0.3, -0.25) is 0 Å². The van der Waals surface area contributed by atoms with Crippen LogP contribution < -0.4 is 14.9 Å². The average molecular weight is 368 g/mol. The van der Waals surface area contributed by atoms with Gasteiger partial charge in [-0.15, -0.1) is 0 Å². The third-order valence-electron chi connectivity index (χ3n) is 3.91. The Kier molecular flexibility index (Phi) is 4.62. The Morgan fingerprint density at radius 1 is 1.08 bits per heavy atom. The zero-order valence-electron chi connectivity index (χ0n) is 13.2. The number of aryl methyl sites for hydroxylation is 1. The molecule has 0 radical (unpaired) electrons. The van der Waals surface area contributed by atoms with E-state index in [1.807, 2.05) is 11.0 Å². The molecule has 1 saturated heterocycles. The smallest absolute Gasteiger partial charge is 0.240 e. The summed E-state index contributed by atoms with van der Waals surface area (Å²) < 4.78 is 23.5. The molecule has 0 atom stereocenters. The Bertz CT molecular complexity index is 830. The van der Waals surface area contributed by atoms with E-state index in [4.69, 9.17) is 16.7 Å². The summed E-state index contributed by atoms with van der Waals surface area (Å²) in [5.41, 5.74) is 0.636. The Labute approximate surface area is 146 Å². The van der Waals surface area contributed by atoms with Crippen molar-refractivity contribution in [3.8, 4) is 0 Å². The second-order valence-corrected chi connectivity index (χ2v) is 7.50. The fourth-order valence-electron chi connectivity index (χ4n) is 2.81. The molecular weight excluding hydrogens is 350 g/mol. The van der Waals surface area contributed by atoms with Gasteiger partial charge in [0.25, 0.3) is 0 Å². The topological polar surface area (TPSA) is 92.4 Å². The summed E-state index contributed by atoms with van der Waals surface area (Å²) in [5, 5.41) is 5.74. The molecule has 1 fully saturated rings. The predicted molar refractivity (Wildman–Crippen MR) is 94.0 cm³/mol. The van der Waals surface area contributed by atoms with Crippen LogP contribution >= 0.6 is 11.6 Å². The molecule has 1 aliphatic heterocycles. The third-order valence-corrected chi connectivity index (χ3v) is 5.06. The van der Waals surface area contributed by atoms with E-state index >= 15 is 0 Å². The number of benzene rings is 1. The molecule has 0 unspecified atom stereocenters. The highest BCUT2D eigenvalue weighted by molar-refractivity contribution is 7.89. The number of primary sulfonamides is 1. The van der Waals surface area contributed by atoms with Crippen LogP contribution in [-0.4, -0.2) is 44.6 Å². The van der Waals surface area contributed by atoms with Crippen LogP contribution in [0.2, 0.25) is 5.15 Å². The largest absolute Gasteiger partial charge is 0.367 e. The quantitative estimate of drug-likeness (QED) is 0.824. The number of sulfonamides is 1. The van der Waals surface area contributed by atoms with Gasteiger partial charge in [-0.1, -0.05) is 23.7 Å². The monoisotopic (exact) mass is 367 g/mol. The Hall–Kier alpha value is -1.90. The molecule has 1 aromatic heterocycles. The van der Waals surface area contributed by atoms with Gasteiger partial charge in [0.15, 0.2) is 0 Å². The summed E-state index contributed by atoms with van der Waals surface area (Å²) in [5.74, 6) is 1.41. The van der Waals surface area contributed by atoms with Gasteiger partial charge in [-0.05, 0) is 19.1 Å². The maximum absolute atomic E-state index is 11.8. The van der Waals surface area contributed by atoms with Crippen LogP contribution in [0.15, 0.2) is 35.2 Å². The van der Waals surface area contributed by atoms with Crippen molar-refractivity contribution in [3.63, 3.8) is 0 Å². The van der Waals surface area contributed by atoms with Gasteiger partial charge in [-0.25, -0.2) is 23.5 Å². The van der Waals surface area contributed by atoms with E-state index in [0.717, 1.165) is 5.82 Å². The maximum atomic E-state index is 11.8. The molecule has 0 amide bonds. The third kappa shape index (κ3) is 3.61. The molecule has 0 bridgehead atoms. The lowest BCUT2D eigenvalue weighted by Crippen LogP contribution is -2.47. The lowest BCUT2D eigenvalue weighted by Gasteiger charge is -2.37. The number of aromatic nitrogens is 2. The molecule has 2 heterocycles. The van der Waals surface area contributed by atoms with Crippen molar-refractivity contribution in [1.29, 1.82) is 0 Å². The van der Waals surface area contributed by atoms with Crippen LogP contribution in [0, 0.1) is 6.92 Å². The van der Waals surface area contributed by atoms with E-state index in [-0.39, 0.29) is 4.90 Å². The van der Waals surface area contributed by atoms with Crippen LogP contribution in [0.5, 0.6) is 0 Å². The van der Waals surface area contributed by atoms with E-state index in [1.165, 1.54) is 6.07 Å². The van der Waals surface area contributed by atoms with Crippen LogP contribution in [0.3, 0.4) is 0 Å². The van der Waals surface area contributed by atoms with Crippen molar-refractivity contribution in [2.45, 2.75) is 11.8 Å². The zero-order valence-corrected chi connectivity index (χ0v) is 14.8. The number of piperazine rings is 1. The summed E-state index contributed by atoms with van der Waals surface area (Å²) in [6.07, 6.45) is 0. The fraction of sp³-hybridized carbons (Fsp3) is 0.333. The van der Waals surface area contributed by atoms with E-state index in [2.05, 4.69) is 14.9 Å². The second-order valence-electron chi connectivity index (χ2n) is 5.58. The summed E-state index contributed by atoms with van der Waals surface area (Å²) in [6, 6.07) is 8.53. The Balaban J connectivity index is 1.79. The predicted octanol–water partition coefficient (Wildman–Crippen LogP) is 1.41. The first kappa shape index (κ1) is 16.9. The van der Waals surface area contributed by atoms with Gasteiger partial charge in [0.05, 0.1) is 5.69 Å². The fourth-order valence-corrected chi connectivity index (χ4v) is 3.79. The minimum Gasteiger partial charge on any atom is -0.367 e. The van der Waals surface area contributed by atoms with E-state index in [9.17, 15) is 8.42 Å². The van der Waals surface area contributed by atoms with Gasteiger partial charge < -0.3 is 9.80 Å². The van der Waals surface area contributed by atoms with Crippen molar-refractivity contribution >= 4 is 33.1 Å². The van der Waals surface area contributed by atoms with Crippen LogP contribution in [0.4, 0.5) is 11.5 Å². The molecule has 1 aromatic carbocycles.